The SMILES string of the molecule is CC(NS(=O)(=O)c1cc(Br)ccc1Br)c1ccc(N)cc1. The van der Waals surface area contributed by atoms with Crippen LogP contribution in [0.1, 0.15) is 18.5 Å². The topological polar surface area (TPSA) is 72.2 Å². The number of benzene rings is 2. The first kappa shape index (κ1) is 16.5. The van der Waals surface area contributed by atoms with Crippen LogP contribution in [0.25, 0.3) is 0 Å². The maximum absolute atomic E-state index is 12.5. The third-order valence-corrected chi connectivity index (χ3v) is 5.98. The molecule has 0 aliphatic heterocycles. The maximum atomic E-state index is 12.5. The van der Waals surface area contributed by atoms with E-state index in [0.717, 1.165) is 5.56 Å². The van der Waals surface area contributed by atoms with E-state index < -0.39 is 10.0 Å². The molecule has 3 N–H and O–H groups in total. The summed E-state index contributed by atoms with van der Waals surface area (Å²) < 4.78 is 28.8. The van der Waals surface area contributed by atoms with Gasteiger partial charge in [0.05, 0.1) is 4.90 Å². The molecule has 0 bridgehead atoms. The number of rotatable bonds is 4. The molecule has 0 amide bonds. The molecule has 0 saturated heterocycles. The first-order valence-electron chi connectivity index (χ1n) is 6.12. The van der Waals surface area contributed by atoms with E-state index in [1.54, 1.807) is 49.4 Å². The van der Waals surface area contributed by atoms with Crippen molar-refractivity contribution in [3.8, 4) is 0 Å². The molecule has 0 aliphatic rings. The van der Waals surface area contributed by atoms with Crippen LogP contribution >= 0.6 is 31.9 Å². The Kier molecular flexibility index (Phi) is 5.08. The molecular weight excluding hydrogens is 420 g/mol. The Bertz CT molecular complexity index is 746. The number of nitrogens with one attached hydrogen (secondary N) is 1. The predicted octanol–water partition coefficient (Wildman–Crippen LogP) is 3.83. The second kappa shape index (κ2) is 6.48. The molecule has 0 heterocycles. The second-order valence-corrected chi connectivity index (χ2v) is 8.04. The standard InChI is InChI=1S/C14H14Br2N2O2S/c1-9(10-2-5-12(17)6-3-10)18-21(19,20)14-8-11(15)4-7-13(14)16/h2-9,18H,17H2,1H3. The van der Waals surface area contributed by atoms with Crippen molar-refractivity contribution in [1.29, 1.82) is 0 Å². The Morgan fingerprint density at radius 3 is 2.33 bits per heavy atom. The maximum Gasteiger partial charge on any atom is 0.242 e. The summed E-state index contributed by atoms with van der Waals surface area (Å²) in [7, 11) is -3.63. The van der Waals surface area contributed by atoms with Gasteiger partial charge in [0.15, 0.2) is 0 Å². The number of sulfonamides is 1. The van der Waals surface area contributed by atoms with Crippen LogP contribution in [0.15, 0.2) is 56.3 Å². The van der Waals surface area contributed by atoms with Gasteiger partial charge in [-0.15, -0.1) is 0 Å². The zero-order valence-corrected chi connectivity index (χ0v) is 15.2. The summed E-state index contributed by atoms with van der Waals surface area (Å²) in [5.41, 5.74) is 7.12. The molecule has 0 radical (unpaired) electrons. The van der Waals surface area contributed by atoms with Gasteiger partial charge >= 0.3 is 0 Å². The smallest absolute Gasteiger partial charge is 0.242 e. The number of hydrogen-bond acceptors (Lipinski definition) is 3. The van der Waals surface area contributed by atoms with Crippen LogP contribution in [0.3, 0.4) is 0 Å². The molecule has 21 heavy (non-hydrogen) atoms. The quantitative estimate of drug-likeness (QED) is 0.719. The highest BCUT2D eigenvalue weighted by atomic mass is 79.9. The molecule has 1 atom stereocenters. The van der Waals surface area contributed by atoms with E-state index in [0.29, 0.717) is 14.6 Å². The van der Waals surface area contributed by atoms with Crippen LogP contribution in [0.4, 0.5) is 5.69 Å². The minimum absolute atomic E-state index is 0.194. The van der Waals surface area contributed by atoms with Gasteiger partial charge in [-0.25, -0.2) is 13.1 Å². The Labute approximate surface area is 141 Å². The third-order valence-electron chi connectivity index (χ3n) is 2.95. The molecule has 0 fully saturated rings. The fourth-order valence-electron chi connectivity index (χ4n) is 1.83. The van der Waals surface area contributed by atoms with E-state index in [1.165, 1.54) is 0 Å². The summed E-state index contributed by atoms with van der Waals surface area (Å²) in [5, 5.41) is 0. The average molecular weight is 434 g/mol. The van der Waals surface area contributed by atoms with Crippen molar-refractivity contribution in [2.24, 2.45) is 0 Å². The molecule has 4 nitrogen and oxygen atoms in total. The summed E-state index contributed by atoms with van der Waals surface area (Å²) in [4.78, 5) is 0.194. The highest BCUT2D eigenvalue weighted by molar-refractivity contribution is 9.11. The van der Waals surface area contributed by atoms with Crippen LogP contribution in [0, 0.1) is 0 Å². The van der Waals surface area contributed by atoms with Crippen molar-refractivity contribution in [1.82, 2.24) is 4.72 Å². The highest BCUT2D eigenvalue weighted by Gasteiger charge is 2.21. The van der Waals surface area contributed by atoms with E-state index in [1.807, 2.05) is 0 Å². The molecular formula is C14H14Br2N2O2S. The third kappa shape index (κ3) is 4.06. The zero-order valence-electron chi connectivity index (χ0n) is 11.2. The number of nitrogens with two attached hydrogens (primary N) is 1. The lowest BCUT2D eigenvalue weighted by atomic mass is 10.1. The molecule has 0 aliphatic carbocycles. The van der Waals surface area contributed by atoms with Gasteiger partial charge in [-0.3, -0.25) is 0 Å². The lowest BCUT2D eigenvalue weighted by Gasteiger charge is -2.16. The molecule has 2 aromatic carbocycles. The van der Waals surface area contributed by atoms with E-state index in [4.69, 9.17) is 5.73 Å². The Morgan fingerprint density at radius 2 is 1.71 bits per heavy atom. The van der Waals surface area contributed by atoms with Crippen LogP contribution in [0.2, 0.25) is 0 Å². The van der Waals surface area contributed by atoms with Crippen molar-refractivity contribution in [3.05, 3.63) is 57.0 Å². The molecule has 0 spiro atoms. The van der Waals surface area contributed by atoms with Crippen LogP contribution < -0.4 is 10.5 Å². The number of halogens is 2. The van der Waals surface area contributed by atoms with E-state index >= 15 is 0 Å². The molecule has 0 saturated carbocycles. The summed E-state index contributed by atoms with van der Waals surface area (Å²) in [6.07, 6.45) is 0. The number of nitrogen functional groups attached to an aromatic ring is 1. The summed E-state index contributed by atoms with van der Waals surface area (Å²) >= 11 is 6.55. The fraction of sp³-hybridized carbons (Fsp3) is 0.143. The number of anilines is 1. The Hall–Kier alpha value is -0.890. The first-order valence-corrected chi connectivity index (χ1v) is 9.19. The van der Waals surface area contributed by atoms with Gasteiger partial charge in [-0.05, 0) is 58.7 Å². The van der Waals surface area contributed by atoms with Crippen LogP contribution in [-0.2, 0) is 10.0 Å². The monoisotopic (exact) mass is 432 g/mol. The molecule has 1 unspecified atom stereocenters. The number of hydrogen-bond donors (Lipinski definition) is 2. The summed E-state index contributed by atoms with van der Waals surface area (Å²) in [6, 6.07) is 11.8. The fourth-order valence-corrected chi connectivity index (χ4v) is 4.57. The lowest BCUT2D eigenvalue weighted by Crippen LogP contribution is -2.27. The molecule has 2 rings (SSSR count). The Morgan fingerprint density at radius 1 is 1.10 bits per heavy atom. The van der Waals surface area contributed by atoms with Crippen molar-refractivity contribution in [3.63, 3.8) is 0 Å². The van der Waals surface area contributed by atoms with Gasteiger partial charge < -0.3 is 5.73 Å². The van der Waals surface area contributed by atoms with Crippen molar-refractivity contribution < 1.29 is 8.42 Å². The van der Waals surface area contributed by atoms with Gasteiger partial charge in [0, 0.05) is 20.7 Å². The van der Waals surface area contributed by atoms with Gasteiger partial charge in [0.1, 0.15) is 0 Å². The summed E-state index contributed by atoms with van der Waals surface area (Å²) in [5.74, 6) is 0. The lowest BCUT2D eigenvalue weighted by molar-refractivity contribution is 0.566. The molecule has 2 aromatic rings. The van der Waals surface area contributed by atoms with Gasteiger partial charge in [0.25, 0.3) is 0 Å². The van der Waals surface area contributed by atoms with Crippen molar-refractivity contribution >= 4 is 47.6 Å². The first-order chi connectivity index (χ1) is 9.79. The Balaban J connectivity index is 2.28. The second-order valence-electron chi connectivity index (χ2n) is 4.58. The molecule has 7 heteroatoms. The van der Waals surface area contributed by atoms with Gasteiger partial charge in [-0.1, -0.05) is 28.1 Å². The van der Waals surface area contributed by atoms with Gasteiger partial charge in [-0.2, -0.15) is 0 Å². The summed E-state index contributed by atoms with van der Waals surface area (Å²) in [6.45, 7) is 1.79. The minimum atomic E-state index is -3.63. The van der Waals surface area contributed by atoms with Crippen LogP contribution in [0.5, 0.6) is 0 Å². The van der Waals surface area contributed by atoms with E-state index in [-0.39, 0.29) is 10.9 Å². The normalized spacial score (nSPS) is 13.1. The van der Waals surface area contributed by atoms with E-state index in [2.05, 4.69) is 36.6 Å². The van der Waals surface area contributed by atoms with Gasteiger partial charge in [0.2, 0.25) is 10.0 Å². The zero-order chi connectivity index (χ0) is 15.6. The largest absolute Gasteiger partial charge is 0.399 e. The average Bonchev–Trinajstić information content (AvgIpc) is 2.41. The van der Waals surface area contributed by atoms with E-state index in [9.17, 15) is 8.42 Å². The van der Waals surface area contributed by atoms with Crippen molar-refractivity contribution in [2.45, 2.75) is 17.9 Å². The minimum Gasteiger partial charge on any atom is -0.399 e. The highest BCUT2D eigenvalue weighted by Crippen LogP contribution is 2.27. The molecule has 112 valence electrons. The van der Waals surface area contributed by atoms with Crippen molar-refractivity contribution in [2.75, 3.05) is 5.73 Å². The predicted molar refractivity (Wildman–Crippen MR) is 91.4 cm³/mol. The van der Waals surface area contributed by atoms with Crippen LogP contribution in [-0.4, -0.2) is 8.42 Å². The molecule has 0 aromatic heterocycles.